The minimum absolute atomic E-state index is 0.551. The van der Waals surface area contributed by atoms with Crippen LogP contribution < -0.4 is 5.76 Å². The van der Waals surface area contributed by atoms with Gasteiger partial charge in [-0.1, -0.05) is 6.07 Å². The molecule has 0 unspecified atom stereocenters. The van der Waals surface area contributed by atoms with E-state index in [1.165, 1.54) is 5.56 Å². The third-order valence-electron chi connectivity index (χ3n) is 4.11. The lowest BCUT2D eigenvalue weighted by Gasteiger charge is -2.08. The van der Waals surface area contributed by atoms with Gasteiger partial charge in [-0.15, -0.1) is 0 Å². The van der Waals surface area contributed by atoms with Crippen molar-refractivity contribution in [2.24, 2.45) is 0 Å². The van der Waals surface area contributed by atoms with Crippen LogP contribution in [-0.2, 0) is 13.0 Å². The lowest BCUT2D eigenvalue weighted by Crippen LogP contribution is -2.07. The Kier molecular flexibility index (Phi) is 3.19. The molecule has 5 heteroatoms. The first-order valence-electron chi connectivity index (χ1n) is 7.50. The SMILES string of the molecule is Cc1nc(=O)oc2c1ccc1ccn(CCc3ccncc3)c12. The summed E-state index contributed by atoms with van der Waals surface area (Å²) in [5, 5.41) is 1.93. The standard InChI is InChI=1S/C18H15N3O2/c1-12-15-3-2-14-7-11-21(10-6-13-4-8-19-9-5-13)16(14)17(15)23-18(22)20-12/h2-5,7-9,11H,6,10H2,1H3. The summed E-state index contributed by atoms with van der Waals surface area (Å²) in [4.78, 5) is 19.6. The number of fused-ring (bicyclic) bond motifs is 3. The van der Waals surface area contributed by atoms with E-state index in [4.69, 9.17) is 4.42 Å². The predicted molar refractivity (Wildman–Crippen MR) is 88.5 cm³/mol. The molecule has 114 valence electrons. The lowest BCUT2D eigenvalue weighted by molar-refractivity contribution is 0.529. The molecule has 0 aliphatic carbocycles. The molecule has 0 aliphatic heterocycles. The summed E-state index contributed by atoms with van der Waals surface area (Å²) in [6, 6.07) is 10.1. The summed E-state index contributed by atoms with van der Waals surface area (Å²) in [5.74, 6) is -0.551. The van der Waals surface area contributed by atoms with E-state index in [1.807, 2.05) is 43.5 Å². The highest BCUT2D eigenvalue weighted by atomic mass is 16.4. The summed E-state index contributed by atoms with van der Waals surface area (Å²) >= 11 is 0. The van der Waals surface area contributed by atoms with Crippen LogP contribution in [0, 0.1) is 6.92 Å². The molecule has 0 atom stereocenters. The number of hydrogen-bond donors (Lipinski definition) is 0. The molecule has 0 amide bonds. The Morgan fingerprint density at radius 3 is 2.78 bits per heavy atom. The van der Waals surface area contributed by atoms with Gasteiger partial charge in [0.05, 0.1) is 11.2 Å². The third kappa shape index (κ3) is 2.40. The van der Waals surface area contributed by atoms with Crippen LogP contribution in [-0.4, -0.2) is 14.5 Å². The second-order valence-electron chi connectivity index (χ2n) is 5.56. The van der Waals surface area contributed by atoms with E-state index in [9.17, 15) is 4.79 Å². The van der Waals surface area contributed by atoms with Crippen LogP contribution in [0.2, 0.25) is 0 Å². The number of pyridine rings is 1. The van der Waals surface area contributed by atoms with E-state index >= 15 is 0 Å². The maximum absolute atomic E-state index is 11.7. The van der Waals surface area contributed by atoms with Crippen molar-refractivity contribution in [2.45, 2.75) is 19.9 Å². The maximum Gasteiger partial charge on any atom is 0.439 e. The van der Waals surface area contributed by atoms with Crippen LogP contribution in [0.25, 0.3) is 21.9 Å². The Hall–Kier alpha value is -2.95. The smallest absolute Gasteiger partial charge is 0.406 e. The molecule has 23 heavy (non-hydrogen) atoms. The molecule has 4 rings (SSSR count). The number of hydrogen-bond acceptors (Lipinski definition) is 4. The van der Waals surface area contributed by atoms with Crippen molar-refractivity contribution >= 4 is 21.9 Å². The van der Waals surface area contributed by atoms with Gasteiger partial charge in [-0.3, -0.25) is 4.98 Å². The monoisotopic (exact) mass is 305 g/mol. The van der Waals surface area contributed by atoms with E-state index in [2.05, 4.69) is 14.5 Å². The molecule has 0 N–H and O–H groups in total. The van der Waals surface area contributed by atoms with Gasteiger partial charge in [0.25, 0.3) is 0 Å². The van der Waals surface area contributed by atoms with Crippen molar-refractivity contribution in [1.29, 1.82) is 0 Å². The van der Waals surface area contributed by atoms with Gasteiger partial charge >= 0.3 is 5.76 Å². The van der Waals surface area contributed by atoms with E-state index in [-0.39, 0.29) is 0 Å². The van der Waals surface area contributed by atoms with Gasteiger partial charge in [-0.05, 0) is 43.2 Å². The maximum atomic E-state index is 11.7. The van der Waals surface area contributed by atoms with Crippen LogP contribution in [0.5, 0.6) is 0 Å². The molecule has 5 nitrogen and oxygen atoms in total. The summed E-state index contributed by atoms with van der Waals surface area (Å²) in [5.41, 5.74) is 3.47. The van der Waals surface area contributed by atoms with Crippen molar-refractivity contribution in [2.75, 3.05) is 0 Å². The molecule has 3 aromatic heterocycles. The zero-order valence-electron chi connectivity index (χ0n) is 12.7. The molecule has 1 aromatic carbocycles. The lowest BCUT2D eigenvalue weighted by atomic mass is 10.1. The molecule has 0 aliphatic rings. The van der Waals surface area contributed by atoms with Crippen LogP contribution in [0.15, 0.2) is 58.1 Å². The highest BCUT2D eigenvalue weighted by Crippen LogP contribution is 2.26. The molecule has 3 heterocycles. The van der Waals surface area contributed by atoms with Crippen LogP contribution in [0.3, 0.4) is 0 Å². The van der Waals surface area contributed by atoms with Crippen LogP contribution in [0.1, 0.15) is 11.3 Å². The normalized spacial score (nSPS) is 11.3. The molecule has 0 radical (unpaired) electrons. The fourth-order valence-corrected chi connectivity index (χ4v) is 2.94. The Morgan fingerprint density at radius 2 is 1.96 bits per heavy atom. The van der Waals surface area contributed by atoms with Gasteiger partial charge < -0.3 is 8.98 Å². The summed E-state index contributed by atoms with van der Waals surface area (Å²) in [6.45, 7) is 2.63. The Bertz CT molecular complexity index is 1050. The minimum Gasteiger partial charge on any atom is -0.406 e. The second kappa shape index (κ2) is 5.35. The van der Waals surface area contributed by atoms with Crippen molar-refractivity contribution < 1.29 is 4.42 Å². The van der Waals surface area contributed by atoms with Crippen molar-refractivity contribution in [3.63, 3.8) is 0 Å². The van der Waals surface area contributed by atoms with Crippen LogP contribution in [0.4, 0.5) is 0 Å². The van der Waals surface area contributed by atoms with E-state index in [1.54, 1.807) is 12.4 Å². The average Bonchev–Trinajstić information content (AvgIpc) is 2.97. The molecule has 0 saturated heterocycles. The molecule has 0 fully saturated rings. The topological polar surface area (TPSA) is 60.9 Å². The second-order valence-corrected chi connectivity index (χ2v) is 5.56. The Balaban J connectivity index is 1.84. The highest BCUT2D eigenvalue weighted by Gasteiger charge is 2.11. The molecular weight excluding hydrogens is 290 g/mol. The molecule has 0 saturated carbocycles. The number of rotatable bonds is 3. The summed E-state index contributed by atoms with van der Waals surface area (Å²) < 4.78 is 7.53. The van der Waals surface area contributed by atoms with Gasteiger partial charge in [-0.25, -0.2) is 4.79 Å². The first kappa shape index (κ1) is 13.7. The number of nitrogens with zero attached hydrogens (tertiary/aromatic N) is 3. The van der Waals surface area contributed by atoms with Gasteiger partial charge in [-0.2, -0.15) is 4.98 Å². The van der Waals surface area contributed by atoms with E-state index in [0.717, 1.165) is 29.3 Å². The minimum atomic E-state index is -0.551. The van der Waals surface area contributed by atoms with Crippen molar-refractivity contribution in [3.8, 4) is 0 Å². The first-order chi connectivity index (χ1) is 11.2. The molecule has 0 bridgehead atoms. The third-order valence-corrected chi connectivity index (χ3v) is 4.11. The van der Waals surface area contributed by atoms with Gasteiger partial charge in [0.1, 0.15) is 0 Å². The number of aromatic nitrogens is 3. The Morgan fingerprint density at radius 1 is 1.13 bits per heavy atom. The van der Waals surface area contributed by atoms with E-state index < -0.39 is 5.76 Å². The summed E-state index contributed by atoms with van der Waals surface area (Å²) in [6.07, 6.45) is 6.51. The zero-order valence-corrected chi connectivity index (χ0v) is 12.7. The molecule has 4 aromatic rings. The van der Waals surface area contributed by atoms with Crippen molar-refractivity contribution in [3.05, 3.63) is 70.7 Å². The Labute approximate surface area is 132 Å². The average molecular weight is 305 g/mol. The summed E-state index contributed by atoms with van der Waals surface area (Å²) in [7, 11) is 0. The van der Waals surface area contributed by atoms with E-state index in [0.29, 0.717) is 11.3 Å². The predicted octanol–water partition coefficient (Wildman–Crippen LogP) is 3.09. The van der Waals surface area contributed by atoms with Crippen molar-refractivity contribution in [1.82, 2.24) is 14.5 Å². The number of benzene rings is 1. The zero-order chi connectivity index (χ0) is 15.8. The highest BCUT2D eigenvalue weighted by molar-refractivity contribution is 6.02. The van der Waals surface area contributed by atoms with Gasteiger partial charge in [0, 0.05) is 35.9 Å². The first-order valence-corrected chi connectivity index (χ1v) is 7.50. The fourth-order valence-electron chi connectivity index (χ4n) is 2.94. The number of aryl methyl sites for hydroxylation is 3. The van der Waals surface area contributed by atoms with Crippen LogP contribution >= 0.6 is 0 Å². The quantitative estimate of drug-likeness (QED) is 0.583. The van der Waals surface area contributed by atoms with Gasteiger partial charge in [0.15, 0.2) is 5.58 Å². The molecular formula is C18H15N3O2. The largest absolute Gasteiger partial charge is 0.439 e. The molecule has 0 spiro atoms. The van der Waals surface area contributed by atoms with Gasteiger partial charge in [0.2, 0.25) is 0 Å². The fraction of sp³-hybridized carbons (Fsp3) is 0.167.